The van der Waals surface area contributed by atoms with Gasteiger partial charge in [-0.15, -0.1) is 11.3 Å². The van der Waals surface area contributed by atoms with Crippen molar-refractivity contribution < 1.29 is 17.2 Å². The van der Waals surface area contributed by atoms with Gasteiger partial charge in [0.25, 0.3) is 10.0 Å². The predicted molar refractivity (Wildman–Crippen MR) is 78.9 cm³/mol. The number of anilines is 1. The van der Waals surface area contributed by atoms with Crippen LogP contribution in [0.3, 0.4) is 0 Å². The van der Waals surface area contributed by atoms with Gasteiger partial charge in [-0.05, 0) is 40.5 Å². The minimum Gasteiger partial charge on any atom is -0.276 e. The zero-order chi connectivity index (χ0) is 15.1. The molecule has 0 amide bonds. The maximum Gasteiger partial charge on any atom is 0.271 e. The van der Waals surface area contributed by atoms with Gasteiger partial charge in [-0.2, -0.15) is 0 Å². The lowest BCUT2D eigenvalue weighted by Crippen LogP contribution is -2.13. The van der Waals surface area contributed by atoms with E-state index in [2.05, 4.69) is 15.9 Å². The molecule has 3 nitrogen and oxygen atoms in total. The van der Waals surface area contributed by atoms with E-state index in [0.29, 0.717) is 9.90 Å². The fourth-order valence-corrected chi connectivity index (χ4v) is 4.44. The van der Waals surface area contributed by atoms with E-state index in [1.54, 1.807) is 6.92 Å². The normalized spacial score (nSPS) is 11.7. The lowest BCUT2D eigenvalue weighted by molar-refractivity contribution is 0.592. The van der Waals surface area contributed by atoms with Crippen molar-refractivity contribution in [2.45, 2.75) is 11.1 Å². The van der Waals surface area contributed by atoms with Crippen LogP contribution in [0.2, 0.25) is 4.34 Å². The van der Waals surface area contributed by atoms with Crippen LogP contribution in [0, 0.1) is 18.6 Å². The van der Waals surface area contributed by atoms with Crippen LogP contribution in [-0.2, 0) is 10.0 Å². The van der Waals surface area contributed by atoms with Crippen molar-refractivity contribution in [1.29, 1.82) is 0 Å². The first-order valence-corrected chi connectivity index (χ1v) is 8.61. The average Bonchev–Trinajstić information content (AvgIpc) is 2.67. The van der Waals surface area contributed by atoms with Crippen LogP contribution < -0.4 is 4.72 Å². The van der Waals surface area contributed by atoms with Crippen LogP contribution >= 0.6 is 38.9 Å². The molecule has 1 aromatic heterocycles. The number of hydrogen-bond donors (Lipinski definition) is 1. The quantitative estimate of drug-likeness (QED) is 0.766. The van der Waals surface area contributed by atoms with E-state index < -0.39 is 27.3 Å². The molecular weight excluding hydrogens is 396 g/mol. The highest BCUT2D eigenvalue weighted by atomic mass is 79.9. The Kier molecular flexibility index (Phi) is 4.38. The number of hydrogen-bond acceptors (Lipinski definition) is 3. The molecule has 0 aliphatic carbocycles. The van der Waals surface area contributed by atoms with Crippen LogP contribution in [0.15, 0.2) is 26.9 Å². The summed E-state index contributed by atoms with van der Waals surface area (Å²) in [5, 5.41) is 0. The third-order valence-corrected chi connectivity index (χ3v) is 6.36. The van der Waals surface area contributed by atoms with Crippen LogP contribution in [0.25, 0.3) is 0 Å². The topological polar surface area (TPSA) is 46.2 Å². The minimum absolute atomic E-state index is 0.0669. The number of sulfonamides is 1. The van der Waals surface area contributed by atoms with E-state index in [-0.39, 0.29) is 8.68 Å². The first-order chi connectivity index (χ1) is 9.20. The molecule has 0 fully saturated rings. The third kappa shape index (κ3) is 3.13. The second-order valence-electron chi connectivity index (χ2n) is 3.87. The molecule has 0 bridgehead atoms. The maximum absolute atomic E-state index is 13.6. The molecule has 2 aromatic rings. The SMILES string of the molecule is Cc1cc(S(=O)(=O)Nc2cc(F)c(Br)cc2F)sc1Cl. The van der Waals surface area contributed by atoms with Gasteiger partial charge >= 0.3 is 0 Å². The Morgan fingerprint density at radius 3 is 2.45 bits per heavy atom. The summed E-state index contributed by atoms with van der Waals surface area (Å²) in [6.45, 7) is 1.65. The van der Waals surface area contributed by atoms with Gasteiger partial charge in [-0.1, -0.05) is 11.6 Å². The summed E-state index contributed by atoms with van der Waals surface area (Å²) in [5.41, 5.74) is 0.132. The molecule has 2 rings (SSSR count). The molecular formula is C11H7BrClF2NO2S2. The highest BCUT2D eigenvalue weighted by Crippen LogP contribution is 2.32. The second kappa shape index (κ2) is 5.59. The monoisotopic (exact) mass is 401 g/mol. The van der Waals surface area contributed by atoms with Gasteiger partial charge in [0, 0.05) is 6.07 Å². The zero-order valence-corrected chi connectivity index (χ0v) is 13.9. The van der Waals surface area contributed by atoms with Gasteiger partial charge in [-0.25, -0.2) is 17.2 Å². The number of halogens is 4. The Morgan fingerprint density at radius 2 is 1.90 bits per heavy atom. The van der Waals surface area contributed by atoms with Gasteiger partial charge < -0.3 is 0 Å². The molecule has 1 aromatic carbocycles. The molecule has 0 aliphatic heterocycles. The summed E-state index contributed by atoms with van der Waals surface area (Å²) >= 11 is 9.45. The van der Waals surface area contributed by atoms with Crippen molar-refractivity contribution in [2.75, 3.05) is 4.72 Å². The van der Waals surface area contributed by atoms with Crippen molar-refractivity contribution in [2.24, 2.45) is 0 Å². The molecule has 0 spiro atoms. The molecule has 0 radical (unpaired) electrons. The highest BCUT2D eigenvalue weighted by molar-refractivity contribution is 9.10. The summed E-state index contributed by atoms with van der Waals surface area (Å²) in [4.78, 5) is 0. The summed E-state index contributed by atoms with van der Waals surface area (Å²) in [6, 6.07) is 2.97. The zero-order valence-electron chi connectivity index (χ0n) is 9.88. The molecule has 1 N–H and O–H groups in total. The molecule has 20 heavy (non-hydrogen) atoms. The fraction of sp³-hybridized carbons (Fsp3) is 0.0909. The van der Waals surface area contributed by atoms with Crippen molar-refractivity contribution in [3.8, 4) is 0 Å². The number of benzene rings is 1. The van der Waals surface area contributed by atoms with Gasteiger partial charge in [0.15, 0.2) is 0 Å². The smallest absolute Gasteiger partial charge is 0.271 e. The van der Waals surface area contributed by atoms with Crippen molar-refractivity contribution in [1.82, 2.24) is 0 Å². The van der Waals surface area contributed by atoms with E-state index in [1.807, 2.05) is 4.72 Å². The first-order valence-electron chi connectivity index (χ1n) is 5.14. The molecule has 0 saturated heterocycles. The molecule has 0 aliphatic rings. The number of aryl methyl sites for hydroxylation is 1. The third-order valence-electron chi connectivity index (χ3n) is 2.35. The second-order valence-corrected chi connectivity index (χ2v) is 8.29. The Hall–Kier alpha value is -0.700. The van der Waals surface area contributed by atoms with E-state index in [0.717, 1.165) is 23.5 Å². The van der Waals surface area contributed by atoms with E-state index >= 15 is 0 Å². The highest BCUT2D eigenvalue weighted by Gasteiger charge is 2.21. The van der Waals surface area contributed by atoms with Gasteiger partial charge in [-0.3, -0.25) is 4.72 Å². The van der Waals surface area contributed by atoms with Gasteiger partial charge in [0.05, 0.1) is 14.5 Å². The molecule has 9 heteroatoms. The molecule has 0 atom stereocenters. The predicted octanol–water partition coefficient (Wildman–Crippen LogP) is 4.55. The average molecular weight is 403 g/mol. The first kappa shape index (κ1) is 15.7. The standard InChI is InChI=1S/C11H7BrClF2NO2S2/c1-5-2-10(19-11(5)13)20(17,18)16-9-4-7(14)6(12)3-8(9)15/h2-4,16H,1H3. The van der Waals surface area contributed by atoms with Gasteiger partial charge in [0.1, 0.15) is 15.8 Å². The van der Waals surface area contributed by atoms with E-state index in [9.17, 15) is 17.2 Å². The van der Waals surface area contributed by atoms with Crippen molar-refractivity contribution >= 4 is 54.6 Å². The summed E-state index contributed by atoms with van der Waals surface area (Å²) in [5.74, 6) is -1.66. The molecule has 0 unspecified atom stereocenters. The Bertz CT molecular complexity index is 757. The minimum atomic E-state index is -4.01. The lowest BCUT2D eigenvalue weighted by atomic mass is 10.3. The van der Waals surface area contributed by atoms with E-state index in [1.165, 1.54) is 6.07 Å². The summed E-state index contributed by atoms with van der Waals surface area (Å²) < 4.78 is 53.2. The molecule has 1 heterocycles. The van der Waals surface area contributed by atoms with Gasteiger partial charge in [0.2, 0.25) is 0 Å². The largest absolute Gasteiger partial charge is 0.276 e. The van der Waals surface area contributed by atoms with Crippen LogP contribution in [0.1, 0.15) is 5.56 Å². The number of thiophene rings is 1. The summed E-state index contributed by atoms with van der Waals surface area (Å²) in [7, 11) is -4.01. The Labute approximate surface area is 131 Å². The van der Waals surface area contributed by atoms with Crippen molar-refractivity contribution in [3.63, 3.8) is 0 Å². The molecule has 0 saturated carbocycles. The van der Waals surface area contributed by atoms with Crippen LogP contribution in [0.4, 0.5) is 14.5 Å². The van der Waals surface area contributed by atoms with Crippen LogP contribution in [0.5, 0.6) is 0 Å². The Balaban J connectivity index is 2.40. The number of nitrogens with one attached hydrogen (secondary N) is 1. The lowest BCUT2D eigenvalue weighted by Gasteiger charge is -2.08. The van der Waals surface area contributed by atoms with E-state index in [4.69, 9.17) is 11.6 Å². The summed E-state index contributed by atoms with van der Waals surface area (Å²) in [6.07, 6.45) is 0. The number of rotatable bonds is 3. The fourth-order valence-electron chi connectivity index (χ4n) is 1.36. The maximum atomic E-state index is 13.6. The van der Waals surface area contributed by atoms with Crippen LogP contribution in [-0.4, -0.2) is 8.42 Å². The molecule has 108 valence electrons. The Morgan fingerprint density at radius 1 is 1.25 bits per heavy atom. The van der Waals surface area contributed by atoms with Crippen molar-refractivity contribution in [3.05, 3.63) is 44.2 Å².